The summed E-state index contributed by atoms with van der Waals surface area (Å²) in [5, 5.41) is 5.53. The smallest absolute Gasteiger partial charge is 0.317 e. The van der Waals surface area contributed by atoms with E-state index < -0.39 is 0 Å². The van der Waals surface area contributed by atoms with Gasteiger partial charge in [-0.2, -0.15) is 0 Å². The Morgan fingerprint density at radius 3 is 2.39 bits per heavy atom. The zero-order valence-corrected chi connectivity index (χ0v) is 13.3. The molecular weight excluding hydrogens is 284 g/mol. The lowest BCUT2D eigenvalue weighted by Gasteiger charge is -2.28. The third-order valence-corrected chi connectivity index (χ3v) is 4.96. The Bertz CT molecular complexity index is 757. The van der Waals surface area contributed by atoms with Gasteiger partial charge in [0.2, 0.25) is 0 Å². The highest BCUT2D eigenvalue weighted by Gasteiger charge is 2.24. The van der Waals surface area contributed by atoms with E-state index in [1.807, 2.05) is 17.0 Å². The second-order valence-electron chi connectivity index (χ2n) is 6.49. The lowest BCUT2D eigenvalue weighted by molar-refractivity contribution is 0.193. The molecule has 1 saturated carbocycles. The van der Waals surface area contributed by atoms with Crippen molar-refractivity contribution in [2.24, 2.45) is 0 Å². The molecule has 0 spiro atoms. The van der Waals surface area contributed by atoms with Crippen LogP contribution in [0.3, 0.4) is 0 Å². The number of urea groups is 1. The quantitative estimate of drug-likeness (QED) is 0.827. The van der Waals surface area contributed by atoms with E-state index in [0.29, 0.717) is 6.54 Å². The Kier molecular flexibility index (Phi) is 3.78. The monoisotopic (exact) mass is 306 g/mol. The first-order chi connectivity index (χ1) is 11.3. The normalized spacial score (nSPS) is 17.5. The fourth-order valence-electron chi connectivity index (χ4n) is 3.48. The van der Waals surface area contributed by atoms with Crippen molar-refractivity contribution in [3.8, 4) is 0 Å². The number of hydrogen-bond acceptors (Lipinski definition) is 1. The minimum atomic E-state index is 0.0674. The number of likely N-dealkylation sites (tertiary alicyclic amines) is 1. The van der Waals surface area contributed by atoms with Crippen LogP contribution in [0.25, 0.3) is 10.8 Å². The highest BCUT2D eigenvalue weighted by Crippen LogP contribution is 2.36. The van der Waals surface area contributed by atoms with Gasteiger partial charge in [0.15, 0.2) is 0 Å². The van der Waals surface area contributed by atoms with E-state index in [9.17, 15) is 4.79 Å². The molecule has 0 bridgehead atoms. The van der Waals surface area contributed by atoms with Crippen molar-refractivity contribution >= 4 is 16.8 Å². The second-order valence-corrected chi connectivity index (χ2v) is 6.49. The summed E-state index contributed by atoms with van der Waals surface area (Å²) in [5.41, 5.74) is 4.44. The first-order valence-corrected chi connectivity index (χ1v) is 8.50. The number of fused-ring (bicyclic) bond motifs is 1. The van der Waals surface area contributed by atoms with Gasteiger partial charge in [-0.25, -0.2) is 4.79 Å². The third kappa shape index (κ3) is 3.09. The van der Waals surface area contributed by atoms with Gasteiger partial charge in [-0.1, -0.05) is 53.6 Å². The fraction of sp³-hybridized carbons (Fsp3) is 0.350. The van der Waals surface area contributed by atoms with Crippen LogP contribution in [0.4, 0.5) is 4.79 Å². The molecule has 0 aromatic heterocycles. The fourth-order valence-corrected chi connectivity index (χ4v) is 3.48. The number of nitrogens with zero attached hydrogens (tertiary/aromatic N) is 1. The van der Waals surface area contributed by atoms with Crippen LogP contribution in [0.15, 0.2) is 53.6 Å². The molecule has 0 radical (unpaired) electrons. The summed E-state index contributed by atoms with van der Waals surface area (Å²) in [6.45, 7) is 2.31. The first kappa shape index (κ1) is 14.3. The molecule has 3 heteroatoms. The predicted molar refractivity (Wildman–Crippen MR) is 93.3 cm³/mol. The number of carbonyl (C=O) groups excluding carboxylic acids is 1. The summed E-state index contributed by atoms with van der Waals surface area (Å²) in [6.07, 6.45) is 4.72. The standard InChI is InChI=1S/C20H22N2O/c23-20(22-12-10-16(11-13-22)15-8-9-15)21-14-18-6-3-5-17-4-1-2-7-19(17)18/h1-7H,8-14H2,(H,21,23). The molecule has 4 rings (SSSR count). The van der Waals surface area contributed by atoms with Crippen LogP contribution < -0.4 is 5.32 Å². The number of nitrogens with one attached hydrogen (secondary N) is 1. The molecule has 1 aliphatic heterocycles. The van der Waals surface area contributed by atoms with Crippen LogP contribution in [-0.4, -0.2) is 24.0 Å². The Morgan fingerprint density at radius 1 is 0.913 bits per heavy atom. The molecule has 2 aliphatic rings. The van der Waals surface area contributed by atoms with Gasteiger partial charge in [-0.05, 0) is 42.0 Å². The van der Waals surface area contributed by atoms with E-state index in [4.69, 9.17) is 0 Å². The van der Waals surface area contributed by atoms with Gasteiger partial charge in [0, 0.05) is 19.6 Å². The number of allylic oxidation sites excluding steroid dienone is 1. The van der Waals surface area contributed by atoms with E-state index in [2.05, 4.69) is 35.6 Å². The van der Waals surface area contributed by atoms with Crippen molar-refractivity contribution in [3.05, 3.63) is 59.2 Å². The van der Waals surface area contributed by atoms with Crippen molar-refractivity contribution in [1.82, 2.24) is 10.2 Å². The zero-order chi connectivity index (χ0) is 15.6. The van der Waals surface area contributed by atoms with Crippen molar-refractivity contribution in [2.75, 3.05) is 13.1 Å². The van der Waals surface area contributed by atoms with Crippen LogP contribution in [0.2, 0.25) is 0 Å². The average molecular weight is 306 g/mol. The van der Waals surface area contributed by atoms with Crippen LogP contribution in [0.1, 0.15) is 31.2 Å². The maximum absolute atomic E-state index is 12.4. The topological polar surface area (TPSA) is 32.3 Å². The first-order valence-electron chi connectivity index (χ1n) is 8.50. The number of carbonyl (C=O) groups is 1. The SMILES string of the molecule is O=C(NCc1cccc2ccccc12)N1CCC(=C2CC2)CC1. The van der Waals surface area contributed by atoms with Gasteiger partial charge < -0.3 is 10.2 Å². The molecule has 2 fully saturated rings. The zero-order valence-electron chi connectivity index (χ0n) is 13.3. The highest BCUT2D eigenvalue weighted by atomic mass is 16.2. The molecule has 2 aromatic carbocycles. The van der Waals surface area contributed by atoms with Gasteiger partial charge in [0.1, 0.15) is 0 Å². The second kappa shape index (κ2) is 6.07. The third-order valence-electron chi connectivity index (χ3n) is 4.96. The molecule has 3 nitrogen and oxygen atoms in total. The molecule has 118 valence electrons. The summed E-state index contributed by atoms with van der Waals surface area (Å²) < 4.78 is 0. The van der Waals surface area contributed by atoms with Crippen LogP contribution in [0, 0.1) is 0 Å². The molecule has 0 atom stereocenters. The summed E-state index contributed by atoms with van der Waals surface area (Å²) in [6, 6.07) is 14.6. The molecule has 0 unspecified atom stereocenters. The molecule has 2 amide bonds. The van der Waals surface area contributed by atoms with Crippen LogP contribution in [-0.2, 0) is 6.54 Å². The van der Waals surface area contributed by atoms with E-state index in [1.165, 1.54) is 29.2 Å². The number of benzene rings is 2. The molecule has 1 saturated heterocycles. The lowest BCUT2D eigenvalue weighted by atomic mass is 10.0. The minimum absolute atomic E-state index is 0.0674. The molecule has 1 aliphatic carbocycles. The van der Waals surface area contributed by atoms with Crippen molar-refractivity contribution in [2.45, 2.75) is 32.2 Å². The number of rotatable bonds is 2. The summed E-state index contributed by atoms with van der Waals surface area (Å²) in [5.74, 6) is 0. The Morgan fingerprint density at radius 2 is 1.61 bits per heavy atom. The molecule has 23 heavy (non-hydrogen) atoms. The number of amides is 2. The van der Waals surface area contributed by atoms with Crippen molar-refractivity contribution in [1.29, 1.82) is 0 Å². The highest BCUT2D eigenvalue weighted by molar-refractivity contribution is 5.86. The maximum atomic E-state index is 12.4. The maximum Gasteiger partial charge on any atom is 0.317 e. The van der Waals surface area contributed by atoms with Crippen LogP contribution in [0.5, 0.6) is 0 Å². The minimum Gasteiger partial charge on any atom is -0.334 e. The van der Waals surface area contributed by atoms with Gasteiger partial charge >= 0.3 is 6.03 Å². The largest absolute Gasteiger partial charge is 0.334 e. The van der Waals surface area contributed by atoms with Gasteiger partial charge in [-0.15, -0.1) is 0 Å². The van der Waals surface area contributed by atoms with E-state index >= 15 is 0 Å². The summed E-state index contributed by atoms with van der Waals surface area (Å²) in [7, 11) is 0. The molecular formula is C20H22N2O. The van der Waals surface area contributed by atoms with Crippen LogP contribution >= 0.6 is 0 Å². The van der Waals surface area contributed by atoms with Gasteiger partial charge in [0.05, 0.1) is 0 Å². The molecule has 2 aromatic rings. The number of piperidine rings is 1. The predicted octanol–water partition coefficient (Wildman–Crippen LogP) is 4.24. The lowest BCUT2D eigenvalue weighted by Crippen LogP contribution is -2.42. The average Bonchev–Trinajstić information content (AvgIpc) is 3.45. The summed E-state index contributed by atoms with van der Waals surface area (Å²) >= 11 is 0. The van der Waals surface area contributed by atoms with E-state index in [1.54, 1.807) is 11.1 Å². The van der Waals surface area contributed by atoms with E-state index in [0.717, 1.165) is 25.9 Å². The molecule has 1 heterocycles. The van der Waals surface area contributed by atoms with Gasteiger partial charge in [-0.3, -0.25) is 0 Å². The Hall–Kier alpha value is -2.29. The Labute approximate surface area is 137 Å². The van der Waals surface area contributed by atoms with Gasteiger partial charge in [0.25, 0.3) is 0 Å². The Balaban J connectivity index is 1.38. The molecule has 1 N–H and O–H groups in total. The summed E-state index contributed by atoms with van der Waals surface area (Å²) in [4.78, 5) is 14.4. The van der Waals surface area contributed by atoms with Crippen molar-refractivity contribution in [3.63, 3.8) is 0 Å². The van der Waals surface area contributed by atoms with E-state index in [-0.39, 0.29) is 6.03 Å². The number of hydrogen-bond donors (Lipinski definition) is 1. The van der Waals surface area contributed by atoms with Crippen molar-refractivity contribution < 1.29 is 4.79 Å².